The molecule has 4 aromatic rings. The molecule has 1 unspecified atom stereocenters. The van der Waals surface area contributed by atoms with Gasteiger partial charge in [0.25, 0.3) is 0 Å². The number of nitrogens with one attached hydrogen (secondary N) is 1. The highest BCUT2D eigenvalue weighted by atomic mass is 35.5. The van der Waals surface area contributed by atoms with Gasteiger partial charge in [-0.05, 0) is 53.3 Å². The molecule has 1 aliphatic rings. The Bertz CT molecular complexity index is 1510. The Morgan fingerprint density at radius 3 is 2.64 bits per heavy atom. The fourth-order valence-electron chi connectivity index (χ4n) is 4.57. The molecule has 1 atom stereocenters. The van der Waals surface area contributed by atoms with Crippen LogP contribution in [0, 0.1) is 18.3 Å². The normalized spacial score (nSPS) is 13.8. The van der Waals surface area contributed by atoms with E-state index in [0.29, 0.717) is 22.0 Å². The minimum atomic E-state index is -0.669. The number of ether oxygens (including phenoxy) is 1. The molecule has 1 heterocycles. The highest BCUT2D eigenvalue weighted by Crippen LogP contribution is 2.45. The third-order valence-corrected chi connectivity index (χ3v) is 7.09. The number of anilines is 1. The second-order valence-corrected chi connectivity index (χ2v) is 9.51. The average molecular weight is 514 g/mol. The highest BCUT2D eigenvalue weighted by Gasteiger charge is 2.30. The molecule has 0 radical (unpaired) electrons. The van der Waals surface area contributed by atoms with Crippen molar-refractivity contribution in [2.75, 3.05) is 5.32 Å². The SMILES string of the molecule is Cc1ccc(COC(=O)Nc2ncc3c(c2C#N)-c2ccccc2C(c2ccc(Cl)c(Cl)c2)C3)cc1. The Labute approximate surface area is 219 Å². The summed E-state index contributed by atoms with van der Waals surface area (Å²) in [6.07, 6.45) is 1.67. The summed E-state index contributed by atoms with van der Waals surface area (Å²) in [7, 11) is 0. The molecule has 1 aliphatic carbocycles. The number of carbonyl (C=O) groups is 1. The van der Waals surface area contributed by atoms with Gasteiger partial charge in [-0.25, -0.2) is 9.78 Å². The van der Waals surface area contributed by atoms with E-state index in [1.54, 1.807) is 12.3 Å². The van der Waals surface area contributed by atoms with Gasteiger partial charge in [-0.15, -0.1) is 0 Å². The van der Waals surface area contributed by atoms with Gasteiger partial charge in [0.2, 0.25) is 0 Å². The van der Waals surface area contributed by atoms with E-state index in [-0.39, 0.29) is 18.3 Å². The number of carbonyl (C=O) groups excluding carboxylic acids is 1. The molecule has 3 aromatic carbocycles. The summed E-state index contributed by atoms with van der Waals surface area (Å²) in [5, 5.41) is 13.7. The van der Waals surface area contributed by atoms with Gasteiger partial charge in [-0.3, -0.25) is 5.32 Å². The zero-order chi connectivity index (χ0) is 25.2. The van der Waals surface area contributed by atoms with Crippen molar-refractivity contribution in [1.82, 2.24) is 4.98 Å². The molecule has 0 spiro atoms. The molecule has 0 fully saturated rings. The van der Waals surface area contributed by atoms with Gasteiger partial charge in [0.15, 0.2) is 5.82 Å². The summed E-state index contributed by atoms with van der Waals surface area (Å²) in [5.41, 5.74) is 7.01. The van der Waals surface area contributed by atoms with Crippen molar-refractivity contribution in [3.8, 4) is 17.2 Å². The van der Waals surface area contributed by atoms with Crippen molar-refractivity contribution in [2.24, 2.45) is 0 Å². The number of nitrogens with zero attached hydrogens (tertiary/aromatic N) is 2. The van der Waals surface area contributed by atoms with Gasteiger partial charge in [-0.2, -0.15) is 5.26 Å². The first kappa shape index (κ1) is 23.9. The van der Waals surface area contributed by atoms with Crippen LogP contribution in [0.15, 0.2) is 72.9 Å². The Morgan fingerprint density at radius 2 is 1.89 bits per heavy atom. The molecule has 0 saturated carbocycles. The van der Waals surface area contributed by atoms with Gasteiger partial charge < -0.3 is 4.74 Å². The van der Waals surface area contributed by atoms with Crippen LogP contribution in [0.2, 0.25) is 10.0 Å². The lowest BCUT2D eigenvalue weighted by Crippen LogP contribution is -2.18. The molecule has 1 aromatic heterocycles. The Morgan fingerprint density at radius 1 is 1.11 bits per heavy atom. The topological polar surface area (TPSA) is 75.0 Å². The smallest absolute Gasteiger partial charge is 0.413 e. The van der Waals surface area contributed by atoms with Crippen LogP contribution in [0.5, 0.6) is 0 Å². The molecule has 5 nitrogen and oxygen atoms in total. The second kappa shape index (κ2) is 10.0. The lowest BCUT2D eigenvalue weighted by molar-refractivity contribution is 0.155. The van der Waals surface area contributed by atoms with Crippen LogP contribution >= 0.6 is 23.2 Å². The van der Waals surface area contributed by atoms with Gasteiger partial charge in [0.1, 0.15) is 18.2 Å². The Kier molecular flexibility index (Phi) is 6.65. The number of fused-ring (bicyclic) bond motifs is 3. The summed E-state index contributed by atoms with van der Waals surface area (Å²) in [5.74, 6) is 0.197. The van der Waals surface area contributed by atoms with Crippen molar-refractivity contribution in [3.05, 3.63) is 116 Å². The number of rotatable bonds is 4. The van der Waals surface area contributed by atoms with Crippen LogP contribution in [0.4, 0.5) is 10.6 Å². The van der Waals surface area contributed by atoms with Crippen LogP contribution < -0.4 is 5.32 Å². The monoisotopic (exact) mass is 513 g/mol. The van der Waals surface area contributed by atoms with Crippen molar-refractivity contribution in [2.45, 2.75) is 25.9 Å². The first-order valence-electron chi connectivity index (χ1n) is 11.4. The first-order valence-corrected chi connectivity index (χ1v) is 12.2. The van der Waals surface area contributed by atoms with Crippen LogP contribution in [0.25, 0.3) is 11.1 Å². The molecule has 1 N–H and O–H groups in total. The number of nitriles is 1. The van der Waals surface area contributed by atoms with Crippen molar-refractivity contribution >= 4 is 35.1 Å². The van der Waals surface area contributed by atoms with E-state index in [9.17, 15) is 10.1 Å². The molecule has 0 aliphatic heterocycles. The van der Waals surface area contributed by atoms with Crippen LogP contribution in [-0.2, 0) is 17.8 Å². The summed E-state index contributed by atoms with van der Waals surface area (Å²) in [4.78, 5) is 16.9. The maximum Gasteiger partial charge on any atom is 0.413 e. The predicted molar refractivity (Wildman–Crippen MR) is 141 cm³/mol. The number of pyridine rings is 1. The summed E-state index contributed by atoms with van der Waals surface area (Å²) in [6.45, 7) is 2.11. The molecule has 1 amide bonds. The zero-order valence-electron chi connectivity index (χ0n) is 19.4. The van der Waals surface area contributed by atoms with Crippen molar-refractivity contribution in [1.29, 1.82) is 5.26 Å². The number of hydrogen-bond acceptors (Lipinski definition) is 4. The van der Waals surface area contributed by atoms with Gasteiger partial charge >= 0.3 is 6.09 Å². The van der Waals surface area contributed by atoms with Crippen molar-refractivity contribution in [3.63, 3.8) is 0 Å². The molecule has 36 heavy (non-hydrogen) atoms. The molecule has 0 saturated heterocycles. The number of benzene rings is 3. The average Bonchev–Trinajstić information content (AvgIpc) is 2.89. The van der Waals surface area contributed by atoms with Crippen molar-refractivity contribution < 1.29 is 9.53 Å². The standard InChI is InChI=1S/C29H21Cl2N3O2/c1-17-6-8-18(9-7-17)16-36-29(35)34-28-24(14-32)27-20(15-33-28)12-23(21-4-2-3-5-22(21)27)19-10-11-25(30)26(31)13-19/h2-11,13,15,23H,12,16H2,1H3,(H,33,34,35). The van der Waals surface area contributed by atoms with E-state index < -0.39 is 6.09 Å². The largest absolute Gasteiger partial charge is 0.444 e. The van der Waals surface area contributed by atoms with E-state index in [2.05, 4.69) is 22.4 Å². The van der Waals surface area contributed by atoms with Crippen LogP contribution in [0.1, 0.15) is 39.3 Å². The fraction of sp³-hybridized carbons (Fsp3) is 0.138. The molecule has 5 rings (SSSR count). The van der Waals surface area contributed by atoms with E-state index in [0.717, 1.165) is 38.9 Å². The van der Waals surface area contributed by atoms with E-state index in [1.807, 2.05) is 61.5 Å². The summed E-state index contributed by atoms with van der Waals surface area (Å²) >= 11 is 12.4. The zero-order valence-corrected chi connectivity index (χ0v) is 20.9. The lowest BCUT2D eigenvalue weighted by atomic mass is 9.75. The second-order valence-electron chi connectivity index (χ2n) is 8.70. The molecule has 7 heteroatoms. The Balaban J connectivity index is 1.46. The number of aromatic nitrogens is 1. The maximum atomic E-state index is 12.5. The quantitative estimate of drug-likeness (QED) is 0.303. The Hall–Kier alpha value is -3.85. The third-order valence-electron chi connectivity index (χ3n) is 6.36. The van der Waals surface area contributed by atoms with E-state index in [1.165, 1.54) is 0 Å². The van der Waals surface area contributed by atoms with Gasteiger partial charge in [0, 0.05) is 17.7 Å². The minimum Gasteiger partial charge on any atom is -0.444 e. The molecule has 0 bridgehead atoms. The molecular formula is C29H21Cl2N3O2. The minimum absolute atomic E-state index is 0.0232. The fourth-order valence-corrected chi connectivity index (χ4v) is 4.87. The number of amides is 1. The van der Waals surface area contributed by atoms with Gasteiger partial charge in [-0.1, -0.05) is 83.4 Å². The van der Waals surface area contributed by atoms with E-state index in [4.69, 9.17) is 27.9 Å². The molecule has 178 valence electrons. The summed E-state index contributed by atoms with van der Waals surface area (Å²) < 4.78 is 5.36. The van der Waals surface area contributed by atoms with Crippen LogP contribution in [-0.4, -0.2) is 11.1 Å². The maximum absolute atomic E-state index is 12.5. The van der Waals surface area contributed by atoms with E-state index >= 15 is 0 Å². The number of hydrogen-bond donors (Lipinski definition) is 1. The third kappa shape index (κ3) is 4.66. The highest BCUT2D eigenvalue weighted by molar-refractivity contribution is 6.42. The summed E-state index contributed by atoms with van der Waals surface area (Å²) in [6, 6.07) is 23.6. The lowest BCUT2D eigenvalue weighted by Gasteiger charge is -2.29. The van der Waals surface area contributed by atoms with Gasteiger partial charge in [0.05, 0.1) is 10.0 Å². The van der Waals surface area contributed by atoms with Crippen LogP contribution in [0.3, 0.4) is 0 Å². The number of halogens is 2. The first-order chi connectivity index (χ1) is 17.4. The predicted octanol–water partition coefficient (Wildman–Crippen LogP) is 7.67. The number of aryl methyl sites for hydroxylation is 1. The molecular weight excluding hydrogens is 493 g/mol.